The minimum atomic E-state index is -0.367. The number of ether oxygens (including phenoxy) is 3. The number of carbonyl (C=O) groups excluding carboxylic acids is 1. The number of hydrogen-bond acceptors (Lipinski definition) is 7. The normalized spacial score (nSPS) is 10.1. The number of benzene rings is 1. The lowest BCUT2D eigenvalue weighted by Gasteiger charge is -2.11. The van der Waals surface area contributed by atoms with Crippen molar-refractivity contribution in [1.82, 2.24) is 15.0 Å². The number of methoxy groups -OCH3 is 2. The predicted molar refractivity (Wildman–Crippen MR) is 93.8 cm³/mol. The highest BCUT2D eigenvalue weighted by Gasteiger charge is 2.15. The quantitative estimate of drug-likeness (QED) is 0.728. The number of carbonyl (C=O) groups is 1. The third-order valence-electron chi connectivity index (χ3n) is 3.32. The maximum atomic E-state index is 12.6. The first-order valence-electron chi connectivity index (χ1n) is 7.66. The summed E-state index contributed by atoms with van der Waals surface area (Å²) in [5, 5.41) is 2.71. The fraction of sp³-hybridized carbons (Fsp3) is 0.111. The van der Waals surface area contributed by atoms with Crippen LogP contribution in [0.3, 0.4) is 0 Å². The minimum Gasteiger partial charge on any atom is -0.481 e. The van der Waals surface area contributed by atoms with Crippen molar-refractivity contribution >= 4 is 11.7 Å². The number of aromatic nitrogens is 3. The summed E-state index contributed by atoms with van der Waals surface area (Å²) in [4.78, 5) is 24.8. The summed E-state index contributed by atoms with van der Waals surface area (Å²) in [6.45, 7) is 0. The van der Waals surface area contributed by atoms with Crippen LogP contribution in [0, 0.1) is 0 Å². The molecule has 0 aliphatic heterocycles. The molecule has 0 aliphatic rings. The van der Waals surface area contributed by atoms with Gasteiger partial charge >= 0.3 is 6.01 Å². The first-order chi connectivity index (χ1) is 12.7. The maximum Gasteiger partial charge on any atom is 0.328 e. The van der Waals surface area contributed by atoms with Gasteiger partial charge in [0.05, 0.1) is 25.8 Å². The molecule has 0 radical (unpaired) electrons. The van der Waals surface area contributed by atoms with Crippen LogP contribution in [-0.2, 0) is 0 Å². The van der Waals surface area contributed by atoms with Crippen LogP contribution in [0.25, 0.3) is 0 Å². The standard InChI is InChI=1S/C18H16N4O4/c1-24-15-11-16(25-2)22-18(21-15)26-13-8-4-3-7-12(13)17(23)20-14-9-5-6-10-19-14/h3-11H,1-2H3,(H,19,20,23). The second kappa shape index (κ2) is 7.93. The number of nitrogens with zero attached hydrogens (tertiary/aromatic N) is 3. The van der Waals surface area contributed by atoms with Gasteiger partial charge in [-0.1, -0.05) is 18.2 Å². The highest BCUT2D eigenvalue weighted by molar-refractivity contribution is 6.05. The zero-order chi connectivity index (χ0) is 18.4. The van der Waals surface area contributed by atoms with E-state index < -0.39 is 0 Å². The molecular weight excluding hydrogens is 336 g/mol. The SMILES string of the molecule is COc1cc(OC)nc(Oc2ccccc2C(=O)Nc2ccccn2)n1. The van der Waals surface area contributed by atoms with E-state index in [1.165, 1.54) is 20.3 Å². The molecule has 0 spiro atoms. The summed E-state index contributed by atoms with van der Waals surface area (Å²) < 4.78 is 15.9. The van der Waals surface area contributed by atoms with Gasteiger partial charge in [0.15, 0.2) is 0 Å². The molecule has 0 aliphatic carbocycles. The number of pyridine rings is 1. The Hall–Kier alpha value is -3.68. The first-order valence-corrected chi connectivity index (χ1v) is 7.66. The van der Waals surface area contributed by atoms with Crippen LogP contribution >= 0.6 is 0 Å². The van der Waals surface area contributed by atoms with Gasteiger partial charge in [0.2, 0.25) is 11.8 Å². The topological polar surface area (TPSA) is 95.5 Å². The molecule has 26 heavy (non-hydrogen) atoms. The molecule has 0 saturated heterocycles. The van der Waals surface area contributed by atoms with Crippen LogP contribution in [0.2, 0.25) is 0 Å². The fourth-order valence-corrected chi connectivity index (χ4v) is 2.10. The Balaban J connectivity index is 1.87. The van der Waals surface area contributed by atoms with Crippen LogP contribution in [0.4, 0.5) is 5.82 Å². The third-order valence-corrected chi connectivity index (χ3v) is 3.32. The third kappa shape index (κ3) is 4.04. The smallest absolute Gasteiger partial charge is 0.328 e. The number of nitrogens with one attached hydrogen (secondary N) is 1. The zero-order valence-electron chi connectivity index (χ0n) is 14.2. The molecule has 2 heterocycles. The lowest BCUT2D eigenvalue weighted by molar-refractivity contribution is 0.102. The molecule has 8 nitrogen and oxygen atoms in total. The van der Waals surface area contributed by atoms with Gasteiger partial charge in [-0.05, 0) is 24.3 Å². The van der Waals surface area contributed by atoms with E-state index in [1.54, 1.807) is 48.7 Å². The van der Waals surface area contributed by atoms with E-state index in [0.717, 1.165) is 0 Å². The zero-order valence-corrected chi connectivity index (χ0v) is 14.2. The molecule has 132 valence electrons. The average molecular weight is 352 g/mol. The average Bonchev–Trinajstić information content (AvgIpc) is 2.68. The van der Waals surface area contributed by atoms with Crippen molar-refractivity contribution in [3.8, 4) is 23.5 Å². The van der Waals surface area contributed by atoms with Gasteiger partial charge in [0.1, 0.15) is 11.6 Å². The molecule has 3 rings (SSSR count). The Kier molecular flexibility index (Phi) is 5.23. The molecule has 1 N–H and O–H groups in total. The summed E-state index contributed by atoms with van der Waals surface area (Å²) in [6.07, 6.45) is 1.59. The molecule has 0 atom stereocenters. The molecule has 0 unspecified atom stereocenters. The summed E-state index contributed by atoms with van der Waals surface area (Å²) in [5.41, 5.74) is 0.309. The molecule has 1 amide bonds. The number of hydrogen-bond donors (Lipinski definition) is 1. The van der Waals surface area contributed by atoms with Crippen LogP contribution in [0.5, 0.6) is 23.5 Å². The molecule has 1 aromatic carbocycles. The van der Waals surface area contributed by atoms with Gasteiger partial charge in [0, 0.05) is 6.20 Å². The predicted octanol–water partition coefficient (Wildman–Crippen LogP) is 2.93. The second-order valence-corrected chi connectivity index (χ2v) is 5.00. The highest BCUT2D eigenvalue weighted by Crippen LogP contribution is 2.26. The molecule has 8 heteroatoms. The number of rotatable bonds is 6. The van der Waals surface area contributed by atoms with Crippen LogP contribution < -0.4 is 19.5 Å². The highest BCUT2D eigenvalue weighted by atomic mass is 16.5. The van der Waals surface area contributed by atoms with E-state index in [4.69, 9.17) is 14.2 Å². The second-order valence-electron chi connectivity index (χ2n) is 5.00. The van der Waals surface area contributed by atoms with Crippen LogP contribution in [0.15, 0.2) is 54.7 Å². The molecule has 0 saturated carbocycles. The van der Waals surface area contributed by atoms with Gasteiger partial charge < -0.3 is 19.5 Å². The summed E-state index contributed by atoms with van der Waals surface area (Å²) in [5.74, 6) is 0.918. The Bertz CT molecular complexity index is 880. The molecule has 2 aromatic heterocycles. The molecule has 0 bridgehead atoms. The number of para-hydroxylation sites is 1. The van der Waals surface area contributed by atoms with E-state index in [2.05, 4.69) is 20.3 Å². The van der Waals surface area contributed by atoms with Crippen molar-refractivity contribution in [3.05, 3.63) is 60.3 Å². The van der Waals surface area contributed by atoms with E-state index in [-0.39, 0.29) is 29.4 Å². The van der Waals surface area contributed by atoms with Gasteiger partial charge in [-0.2, -0.15) is 9.97 Å². The van der Waals surface area contributed by atoms with Gasteiger partial charge in [-0.25, -0.2) is 4.98 Å². The summed E-state index contributed by atoms with van der Waals surface area (Å²) >= 11 is 0. The Morgan fingerprint density at radius 3 is 2.31 bits per heavy atom. The van der Waals surface area contributed by atoms with Gasteiger partial charge in [-0.3, -0.25) is 4.79 Å². The summed E-state index contributed by atoms with van der Waals surface area (Å²) in [7, 11) is 2.94. The minimum absolute atomic E-state index is 0.000661. The van der Waals surface area contributed by atoms with Gasteiger partial charge in [-0.15, -0.1) is 0 Å². The van der Waals surface area contributed by atoms with E-state index >= 15 is 0 Å². The van der Waals surface area contributed by atoms with Crippen molar-refractivity contribution in [1.29, 1.82) is 0 Å². The fourth-order valence-electron chi connectivity index (χ4n) is 2.10. The van der Waals surface area contributed by atoms with Crippen molar-refractivity contribution in [2.45, 2.75) is 0 Å². The Morgan fingerprint density at radius 2 is 1.65 bits per heavy atom. The molecule has 3 aromatic rings. The largest absolute Gasteiger partial charge is 0.481 e. The first kappa shape index (κ1) is 17.2. The van der Waals surface area contributed by atoms with Crippen LogP contribution in [-0.4, -0.2) is 35.1 Å². The Morgan fingerprint density at radius 1 is 0.962 bits per heavy atom. The Labute approximate surface area is 149 Å². The van der Waals surface area contributed by atoms with E-state index in [9.17, 15) is 4.79 Å². The van der Waals surface area contributed by atoms with E-state index in [0.29, 0.717) is 11.4 Å². The van der Waals surface area contributed by atoms with E-state index in [1.807, 2.05) is 0 Å². The van der Waals surface area contributed by atoms with Crippen molar-refractivity contribution in [2.75, 3.05) is 19.5 Å². The van der Waals surface area contributed by atoms with Crippen LogP contribution in [0.1, 0.15) is 10.4 Å². The maximum absolute atomic E-state index is 12.6. The van der Waals surface area contributed by atoms with Crippen molar-refractivity contribution < 1.29 is 19.0 Å². The molecule has 0 fully saturated rings. The number of amides is 1. The summed E-state index contributed by atoms with van der Waals surface area (Å²) in [6, 6.07) is 13.5. The monoisotopic (exact) mass is 352 g/mol. The lowest BCUT2D eigenvalue weighted by Crippen LogP contribution is -2.14. The number of anilines is 1. The van der Waals surface area contributed by atoms with Gasteiger partial charge in [0.25, 0.3) is 5.91 Å². The lowest BCUT2D eigenvalue weighted by atomic mass is 10.2. The van der Waals surface area contributed by atoms with Crippen molar-refractivity contribution in [3.63, 3.8) is 0 Å². The van der Waals surface area contributed by atoms with Crippen molar-refractivity contribution in [2.24, 2.45) is 0 Å². The molecular formula is C18H16N4O4.